The third-order valence-corrected chi connectivity index (χ3v) is 4.30. The molecule has 0 spiro atoms. The van der Waals surface area contributed by atoms with E-state index >= 15 is 0 Å². The summed E-state index contributed by atoms with van der Waals surface area (Å²) in [4.78, 5) is 0.100. The highest BCUT2D eigenvalue weighted by Gasteiger charge is 2.26. The molecule has 2 N–H and O–H groups in total. The monoisotopic (exact) mass is 257 g/mol. The van der Waals surface area contributed by atoms with Crippen LogP contribution in [-0.2, 0) is 10.0 Å². The van der Waals surface area contributed by atoms with Crippen molar-refractivity contribution in [1.29, 1.82) is 0 Å². The van der Waals surface area contributed by atoms with E-state index in [4.69, 9.17) is 5.14 Å². The van der Waals surface area contributed by atoms with Crippen LogP contribution in [0.25, 0.3) is 0 Å². The molecule has 2 rings (SSSR count). The second-order valence-electron chi connectivity index (χ2n) is 5.27. The lowest BCUT2D eigenvalue weighted by Gasteiger charge is -2.31. The van der Waals surface area contributed by atoms with Gasteiger partial charge in [-0.3, -0.25) is 4.68 Å². The van der Waals surface area contributed by atoms with E-state index in [0.29, 0.717) is 17.9 Å². The Morgan fingerprint density at radius 1 is 1.29 bits per heavy atom. The lowest BCUT2D eigenvalue weighted by Crippen LogP contribution is -2.23. The molecule has 0 aromatic carbocycles. The van der Waals surface area contributed by atoms with Crippen molar-refractivity contribution in [2.75, 3.05) is 0 Å². The summed E-state index contributed by atoms with van der Waals surface area (Å²) in [5.74, 6) is 1.32. The van der Waals surface area contributed by atoms with Crippen molar-refractivity contribution in [2.45, 2.75) is 44.0 Å². The third-order valence-electron chi connectivity index (χ3n) is 3.43. The molecular weight excluding hydrogens is 238 g/mol. The Labute approximate surface area is 102 Å². The van der Waals surface area contributed by atoms with Crippen molar-refractivity contribution >= 4 is 10.0 Å². The van der Waals surface area contributed by atoms with Gasteiger partial charge in [0, 0.05) is 6.20 Å². The van der Waals surface area contributed by atoms with Gasteiger partial charge >= 0.3 is 0 Å². The van der Waals surface area contributed by atoms with Crippen LogP contribution in [0.5, 0.6) is 0 Å². The van der Waals surface area contributed by atoms with Crippen LogP contribution in [0.15, 0.2) is 17.3 Å². The van der Waals surface area contributed by atoms with E-state index in [1.165, 1.54) is 12.6 Å². The molecule has 0 saturated heterocycles. The predicted molar refractivity (Wildman–Crippen MR) is 64.8 cm³/mol. The summed E-state index contributed by atoms with van der Waals surface area (Å²) in [6.45, 7) is 4.46. The number of nitrogens with zero attached hydrogens (tertiary/aromatic N) is 2. The minimum absolute atomic E-state index is 0.100. The molecule has 2 atom stereocenters. The van der Waals surface area contributed by atoms with Gasteiger partial charge < -0.3 is 0 Å². The van der Waals surface area contributed by atoms with Gasteiger partial charge in [-0.25, -0.2) is 13.6 Å². The first kappa shape index (κ1) is 12.6. The molecule has 1 aliphatic carbocycles. The summed E-state index contributed by atoms with van der Waals surface area (Å²) in [6, 6.07) is 0.296. The van der Waals surface area contributed by atoms with Gasteiger partial charge in [0.25, 0.3) is 0 Å². The molecule has 5 nitrogen and oxygen atoms in total. The summed E-state index contributed by atoms with van der Waals surface area (Å²) >= 11 is 0. The van der Waals surface area contributed by atoms with Gasteiger partial charge in [-0.1, -0.05) is 13.8 Å². The maximum Gasteiger partial charge on any atom is 0.241 e. The van der Waals surface area contributed by atoms with E-state index in [1.54, 1.807) is 10.9 Å². The van der Waals surface area contributed by atoms with Crippen molar-refractivity contribution in [1.82, 2.24) is 9.78 Å². The quantitative estimate of drug-likeness (QED) is 0.872. The van der Waals surface area contributed by atoms with Crippen LogP contribution in [0, 0.1) is 11.8 Å². The molecule has 0 bridgehead atoms. The number of hydrogen-bond donors (Lipinski definition) is 1. The fraction of sp³-hybridized carbons (Fsp3) is 0.727. The van der Waals surface area contributed by atoms with Gasteiger partial charge in [0.05, 0.1) is 12.2 Å². The molecule has 17 heavy (non-hydrogen) atoms. The van der Waals surface area contributed by atoms with Crippen molar-refractivity contribution in [2.24, 2.45) is 17.0 Å². The summed E-state index contributed by atoms with van der Waals surface area (Å²) in [5.41, 5.74) is 0. The van der Waals surface area contributed by atoms with Crippen LogP contribution in [0.4, 0.5) is 0 Å². The van der Waals surface area contributed by atoms with Gasteiger partial charge in [0.2, 0.25) is 10.0 Å². The van der Waals surface area contributed by atoms with Crippen molar-refractivity contribution in [3.63, 3.8) is 0 Å². The molecular formula is C11H19N3O2S. The zero-order valence-corrected chi connectivity index (χ0v) is 11.0. The molecule has 0 amide bonds. The molecule has 1 aliphatic rings. The van der Waals surface area contributed by atoms with Gasteiger partial charge in [-0.05, 0) is 31.1 Å². The Balaban J connectivity index is 2.20. The summed E-state index contributed by atoms with van der Waals surface area (Å²) in [6.07, 6.45) is 6.22. The predicted octanol–water partition coefficient (Wildman–Crippen LogP) is 1.53. The van der Waals surface area contributed by atoms with E-state index in [9.17, 15) is 8.42 Å². The Bertz CT molecular complexity index is 485. The number of aromatic nitrogens is 2. The average molecular weight is 257 g/mol. The van der Waals surface area contributed by atoms with E-state index in [-0.39, 0.29) is 4.90 Å². The van der Waals surface area contributed by atoms with Gasteiger partial charge in [0.1, 0.15) is 4.90 Å². The average Bonchev–Trinajstić information content (AvgIpc) is 2.63. The smallest absolute Gasteiger partial charge is 0.241 e. The summed E-state index contributed by atoms with van der Waals surface area (Å²) in [5, 5.41) is 9.21. The molecule has 1 fully saturated rings. The van der Waals surface area contributed by atoms with Crippen LogP contribution in [0.3, 0.4) is 0 Å². The zero-order valence-electron chi connectivity index (χ0n) is 10.2. The zero-order chi connectivity index (χ0) is 12.6. The lowest BCUT2D eigenvalue weighted by atomic mass is 9.80. The molecule has 1 aromatic heterocycles. The first-order valence-electron chi connectivity index (χ1n) is 5.93. The van der Waals surface area contributed by atoms with E-state index in [1.807, 2.05) is 0 Å². The van der Waals surface area contributed by atoms with Crippen molar-refractivity contribution < 1.29 is 8.42 Å². The van der Waals surface area contributed by atoms with Crippen LogP contribution in [-0.4, -0.2) is 18.2 Å². The topological polar surface area (TPSA) is 78.0 Å². The maximum atomic E-state index is 11.2. The van der Waals surface area contributed by atoms with Crippen LogP contribution < -0.4 is 5.14 Å². The minimum Gasteiger partial charge on any atom is -0.268 e. The highest BCUT2D eigenvalue weighted by atomic mass is 32.2. The van der Waals surface area contributed by atoms with Gasteiger partial charge in [-0.15, -0.1) is 0 Å². The highest BCUT2D eigenvalue weighted by Crippen LogP contribution is 2.35. The van der Waals surface area contributed by atoms with Gasteiger partial charge in [0.15, 0.2) is 0 Å². The second-order valence-corrected chi connectivity index (χ2v) is 6.83. The Morgan fingerprint density at radius 2 is 1.88 bits per heavy atom. The fourth-order valence-electron chi connectivity index (χ4n) is 2.79. The number of nitrogens with two attached hydrogens (primary N) is 1. The van der Waals surface area contributed by atoms with Crippen molar-refractivity contribution in [3.8, 4) is 0 Å². The largest absolute Gasteiger partial charge is 0.268 e. The molecule has 0 aliphatic heterocycles. The van der Waals surface area contributed by atoms with Crippen LogP contribution in [0.2, 0.25) is 0 Å². The minimum atomic E-state index is -3.63. The molecule has 1 saturated carbocycles. The molecule has 0 radical (unpaired) electrons. The van der Waals surface area contributed by atoms with E-state index in [2.05, 4.69) is 18.9 Å². The van der Waals surface area contributed by atoms with Crippen LogP contribution in [0.1, 0.15) is 39.2 Å². The van der Waals surface area contributed by atoms with Gasteiger partial charge in [-0.2, -0.15) is 5.10 Å². The van der Waals surface area contributed by atoms with E-state index < -0.39 is 10.0 Å². The SMILES string of the molecule is CC1CC(C)CC(n2cc(S(N)(=O)=O)cn2)C1. The normalized spacial score (nSPS) is 30.4. The highest BCUT2D eigenvalue weighted by molar-refractivity contribution is 7.89. The Morgan fingerprint density at radius 3 is 2.35 bits per heavy atom. The first-order valence-corrected chi connectivity index (χ1v) is 7.48. The van der Waals surface area contributed by atoms with Crippen molar-refractivity contribution in [3.05, 3.63) is 12.4 Å². The Kier molecular flexibility index (Phi) is 3.27. The molecule has 96 valence electrons. The standard InChI is InChI=1S/C11H19N3O2S/c1-8-3-9(2)5-10(4-8)14-7-11(6-13-14)17(12,15)16/h6-10H,3-5H2,1-2H3,(H2,12,15,16). The maximum absolute atomic E-state index is 11.2. The molecule has 1 heterocycles. The molecule has 2 unspecified atom stereocenters. The lowest BCUT2D eigenvalue weighted by molar-refractivity contribution is 0.210. The third kappa shape index (κ3) is 2.87. The van der Waals surface area contributed by atoms with E-state index in [0.717, 1.165) is 12.8 Å². The van der Waals surface area contributed by atoms with Crippen LogP contribution >= 0.6 is 0 Å². The molecule has 1 aromatic rings. The number of primary sulfonamides is 1. The number of sulfonamides is 1. The summed E-state index contributed by atoms with van der Waals surface area (Å²) < 4.78 is 24.1. The number of rotatable bonds is 2. The fourth-order valence-corrected chi connectivity index (χ4v) is 3.24. The summed E-state index contributed by atoms with van der Waals surface area (Å²) in [7, 11) is -3.63. The molecule has 6 heteroatoms. The second kappa shape index (κ2) is 4.42. The first-order chi connectivity index (χ1) is 7.86. The Hall–Kier alpha value is -0.880. The number of hydrogen-bond acceptors (Lipinski definition) is 3.